The number of phenolic OH excluding ortho intramolecular Hbond substituents is 1. The maximum absolute atomic E-state index is 9.88. The highest BCUT2D eigenvalue weighted by Crippen LogP contribution is 2.29. The van der Waals surface area contributed by atoms with Gasteiger partial charge >= 0.3 is 0 Å². The lowest BCUT2D eigenvalue weighted by Crippen LogP contribution is -2.32. The van der Waals surface area contributed by atoms with Crippen LogP contribution in [-0.2, 0) is 0 Å². The minimum atomic E-state index is -0.677. The first kappa shape index (κ1) is 14.8. The van der Waals surface area contributed by atoms with Gasteiger partial charge in [-0.25, -0.2) is 0 Å². The summed E-state index contributed by atoms with van der Waals surface area (Å²) in [6.45, 7) is 6.65. The molecule has 4 heteroatoms. The Bertz CT molecular complexity index is 377. The summed E-state index contributed by atoms with van der Waals surface area (Å²) in [5.41, 5.74) is 1.44. The van der Waals surface area contributed by atoms with Gasteiger partial charge < -0.3 is 20.2 Å². The Balaban J connectivity index is 2.95. The van der Waals surface area contributed by atoms with Crippen LogP contribution in [0.4, 0.5) is 5.69 Å². The summed E-state index contributed by atoms with van der Waals surface area (Å²) in [6.07, 6.45) is 0.0147. The molecule has 0 amide bonds. The van der Waals surface area contributed by atoms with E-state index in [1.807, 2.05) is 6.07 Å². The molecule has 1 aromatic carbocycles. The Morgan fingerprint density at radius 1 is 1.22 bits per heavy atom. The number of rotatable bonds is 6. The average molecular weight is 253 g/mol. The van der Waals surface area contributed by atoms with Crippen LogP contribution >= 0.6 is 0 Å². The molecule has 0 saturated carbocycles. The van der Waals surface area contributed by atoms with Gasteiger partial charge in [-0.3, -0.25) is 0 Å². The van der Waals surface area contributed by atoms with Crippen LogP contribution in [0.2, 0.25) is 0 Å². The lowest BCUT2D eigenvalue weighted by atomic mass is 10.1. The SMILES string of the molecule is CC(O)c1ccc(N(CCCO)C(C)C)cc1O. The lowest BCUT2D eigenvalue weighted by Gasteiger charge is -2.29. The molecule has 1 atom stereocenters. The van der Waals surface area contributed by atoms with Crippen molar-refractivity contribution >= 4 is 5.69 Å². The Morgan fingerprint density at radius 3 is 2.33 bits per heavy atom. The molecule has 0 aliphatic rings. The molecular weight excluding hydrogens is 230 g/mol. The van der Waals surface area contributed by atoms with Crippen LogP contribution in [0.1, 0.15) is 38.9 Å². The molecule has 1 rings (SSSR count). The van der Waals surface area contributed by atoms with Crippen LogP contribution in [-0.4, -0.2) is 34.5 Å². The zero-order valence-corrected chi connectivity index (χ0v) is 11.3. The van der Waals surface area contributed by atoms with Gasteiger partial charge in [-0.1, -0.05) is 6.07 Å². The van der Waals surface area contributed by atoms with Crippen molar-refractivity contribution in [3.8, 4) is 5.75 Å². The Hall–Kier alpha value is -1.26. The number of aliphatic hydroxyl groups is 2. The van der Waals surface area contributed by atoms with Crippen molar-refractivity contribution in [3.05, 3.63) is 23.8 Å². The predicted molar refractivity (Wildman–Crippen MR) is 72.9 cm³/mol. The fraction of sp³-hybridized carbons (Fsp3) is 0.571. The van der Waals surface area contributed by atoms with Crippen molar-refractivity contribution < 1.29 is 15.3 Å². The van der Waals surface area contributed by atoms with E-state index in [4.69, 9.17) is 5.11 Å². The number of anilines is 1. The highest BCUT2D eigenvalue weighted by Gasteiger charge is 2.13. The summed E-state index contributed by atoms with van der Waals surface area (Å²) in [4.78, 5) is 2.11. The summed E-state index contributed by atoms with van der Waals surface area (Å²) in [7, 11) is 0. The number of hydrogen-bond donors (Lipinski definition) is 3. The van der Waals surface area contributed by atoms with E-state index in [0.29, 0.717) is 12.0 Å². The molecule has 0 aliphatic heterocycles. The average Bonchev–Trinajstić information content (AvgIpc) is 2.28. The summed E-state index contributed by atoms with van der Waals surface area (Å²) in [6, 6.07) is 5.58. The monoisotopic (exact) mass is 253 g/mol. The second-order valence-corrected chi connectivity index (χ2v) is 4.78. The molecule has 0 aromatic heterocycles. The lowest BCUT2D eigenvalue weighted by molar-refractivity contribution is 0.195. The first-order valence-electron chi connectivity index (χ1n) is 6.35. The number of aliphatic hydroxyl groups excluding tert-OH is 2. The number of aromatic hydroxyl groups is 1. The largest absolute Gasteiger partial charge is 0.507 e. The van der Waals surface area contributed by atoms with Gasteiger partial charge in [-0.2, -0.15) is 0 Å². The molecule has 0 heterocycles. The van der Waals surface area contributed by atoms with Crippen LogP contribution in [0.15, 0.2) is 18.2 Å². The maximum Gasteiger partial charge on any atom is 0.123 e. The third-order valence-electron chi connectivity index (χ3n) is 2.98. The number of phenols is 1. The van der Waals surface area contributed by atoms with Crippen molar-refractivity contribution in [2.24, 2.45) is 0 Å². The van der Waals surface area contributed by atoms with Crippen LogP contribution < -0.4 is 4.90 Å². The highest BCUT2D eigenvalue weighted by atomic mass is 16.3. The molecule has 18 heavy (non-hydrogen) atoms. The first-order valence-corrected chi connectivity index (χ1v) is 6.35. The zero-order valence-electron chi connectivity index (χ0n) is 11.3. The molecule has 0 saturated heterocycles. The van der Waals surface area contributed by atoms with E-state index in [9.17, 15) is 10.2 Å². The van der Waals surface area contributed by atoms with E-state index in [1.165, 1.54) is 0 Å². The second-order valence-electron chi connectivity index (χ2n) is 4.78. The second kappa shape index (κ2) is 6.61. The Labute approximate surface area is 108 Å². The van der Waals surface area contributed by atoms with Gasteiger partial charge in [-0.05, 0) is 33.3 Å². The van der Waals surface area contributed by atoms with Crippen molar-refractivity contribution in [2.45, 2.75) is 39.3 Å². The fourth-order valence-corrected chi connectivity index (χ4v) is 1.99. The van der Waals surface area contributed by atoms with Gasteiger partial charge in [0, 0.05) is 36.5 Å². The van der Waals surface area contributed by atoms with E-state index in [-0.39, 0.29) is 18.4 Å². The van der Waals surface area contributed by atoms with E-state index in [1.54, 1.807) is 19.1 Å². The normalized spacial score (nSPS) is 12.8. The zero-order chi connectivity index (χ0) is 13.7. The molecule has 4 nitrogen and oxygen atoms in total. The molecule has 3 N–H and O–H groups in total. The number of benzene rings is 1. The first-order chi connectivity index (χ1) is 8.47. The number of hydrogen-bond acceptors (Lipinski definition) is 4. The molecule has 0 spiro atoms. The van der Waals surface area contributed by atoms with E-state index >= 15 is 0 Å². The highest BCUT2D eigenvalue weighted by molar-refractivity contribution is 5.54. The molecule has 0 bridgehead atoms. The summed E-state index contributed by atoms with van der Waals surface area (Å²) >= 11 is 0. The summed E-state index contributed by atoms with van der Waals surface area (Å²) < 4.78 is 0. The fourth-order valence-electron chi connectivity index (χ4n) is 1.99. The minimum Gasteiger partial charge on any atom is -0.507 e. The molecule has 0 radical (unpaired) electrons. The Morgan fingerprint density at radius 2 is 1.89 bits per heavy atom. The maximum atomic E-state index is 9.88. The van der Waals surface area contributed by atoms with Crippen LogP contribution in [0.5, 0.6) is 5.75 Å². The molecular formula is C14H23NO3. The van der Waals surface area contributed by atoms with Gasteiger partial charge in [0.2, 0.25) is 0 Å². The van der Waals surface area contributed by atoms with Crippen LogP contribution in [0.3, 0.4) is 0 Å². The van der Waals surface area contributed by atoms with Gasteiger partial charge in [0.15, 0.2) is 0 Å². The topological polar surface area (TPSA) is 63.9 Å². The van der Waals surface area contributed by atoms with Crippen molar-refractivity contribution in [3.63, 3.8) is 0 Å². The molecule has 1 unspecified atom stereocenters. The van der Waals surface area contributed by atoms with E-state index < -0.39 is 6.10 Å². The van der Waals surface area contributed by atoms with Gasteiger partial charge in [0.25, 0.3) is 0 Å². The van der Waals surface area contributed by atoms with Gasteiger partial charge in [0.05, 0.1) is 6.10 Å². The summed E-state index contributed by atoms with van der Waals surface area (Å²) in [5.74, 6) is 0.108. The van der Waals surface area contributed by atoms with Crippen molar-refractivity contribution in [1.29, 1.82) is 0 Å². The predicted octanol–water partition coefficient (Wildman–Crippen LogP) is 2.04. The third kappa shape index (κ3) is 3.62. The number of nitrogens with zero attached hydrogens (tertiary/aromatic N) is 1. The van der Waals surface area contributed by atoms with E-state index in [0.717, 1.165) is 12.2 Å². The van der Waals surface area contributed by atoms with Crippen molar-refractivity contribution in [2.75, 3.05) is 18.1 Å². The molecule has 0 fully saturated rings. The Kier molecular flexibility index (Phi) is 5.44. The quantitative estimate of drug-likeness (QED) is 0.726. The van der Waals surface area contributed by atoms with Crippen molar-refractivity contribution in [1.82, 2.24) is 0 Å². The molecule has 1 aromatic rings. The van der Waals surface area contributed by atoms with Crippen LogP contribution in [0.25, 0.3) is 0 Å². The van der Waals surface area contributed by atoms with Gasteiger partial charge in [0.1, 0.15) is 5.75 Å². The third-order valence-corrected chi connectivity index (χ3v) is 2.98. The van der Waals surface area contributed by atoms with Crippen LogP contribution in [0, 0.1) is 0 Å². The summed E-state index contributed by atoms with van der Waals surface area (Å²) in [5, 5.41) is 28.3. The van der Waals surface area contributed by atoms with Gasteiger partial charge in [-0.15, -0.1) is 0 Å². The molecule has 102 valence electrons. The molecule has 0 aliphatic carbocycles. The standard InChI is InChI=1S/C14H23NO3/c1-10(2)15(7-4-8-16)12-5-6-13(11(3)17)14(18)9-12/h5-6,9-11,16-18H,4,7-8H2,1-3H3. The van der Waals surface area contributed by atoms with E-state index in [2.05, 4.69) is 18.7 Å². The minimum absolute atomic E-state index is 0.108. The smallest absolute Gasteiger partial charge is 0.123 e.